The van der Waals surface area contributed by atoms with Gasteiger partial charge < -0.3 is 0 Å². The Morgan fingerprint density at radius 2 is 1.90 bits per heavy atom. The monoisotopic (exact) mass is 337 g/mol. The number of rotatable bonds is 4. The van der Waals surface area contributed by atoms with Gasteiger partial charge in [0.25, 0.3) is 0 Å². The number of aromatic nitrogens is 2. The highest BCUT2D eigenvalue weighted by Gasteiger charge is 2.15. The normalized spacial score (nSPS) is 10.4. The van der Waals surface area contributed by atoms with E-state index in [2.05, 4.69) is 16.3 Å². The smallest absolute Gasteiger partial charge is 0.142 e. The van der Waals surface area contributed by atoms with Gasteiger partial charge in [0.1, 0.15) is 11.1 Å². The quantitative estimate of drug-likeness (QED) is 0.793. The lowest BCUT2D eigenvalue weighted by atomic mass is 10.1. The van der Waals surface area contributed by atoms with Crippen LogP contribution in [-0.4, -0.2) is 10.2 Å². The van der Waals surface area contributed by atoms with Gasteiger partial charge >= 0.3 is 0 Å². The standard InChI is InChI=1S/C15H13Cl2N3S/c1-3-10-11(8-18)15(20-19-14(10)4-2)21-9-5-6-12(16)13(17)7-9/h5-7H,3-4H2,1-2H3. The first-order chi connectivity index (χ1) is 10.1. The maximum Gasteiger partial charge on any atom is 0.142 e. The van der Waals surface area contributed by atoms with E-state index in [0.717, 1.165) is 29.0 Å². The van der Waals surface area contributed by atoms with Gasteiger partial charge in [0, 0.05) is 4.90 Å². The predicted octanol–water partition coefficient (Wildman–Crippen LogP) is 4.93. The summed E-state index contributed by atoms with van der Waals surface area (Å²) >= 11 is 13.3. The third-order valence-electron chi connectivity index (χ3n) is 3.03. The molecule has 0 atom stereocenters. The number of nitriles is 1. The predicted molar refractivity (Wildman–Crippen MR) is 86.1 cm³/mol. The number of aryl methyl sites for hydroxylation is 1. The van der Waals surface area contributed by atoms with Crippen molar-refractivity contribution in [3.63, 3.8) is 0 Å². The number of nitrogens with zero attached hydrogens (tertiary/aromatic N) is 3. The molecule has 0 spiro atoms. The second kappa shape index (κ2) is 7.13. The summed E-state index contributed by atoms with van der Waals surface area (Å²) < 4.78 is 0. The fourth-order valence-electron chi connectivity index (χ4n) is 1.99. The van der Waals surface area contributed by atoms with Crippen molar-refractivity contribution in [3.05, 3.63) is 45.1 Å². The van der Waals surface area contributed by atoms with Crippen LogP contribution in [0.5, 0.6) is 0 Å². The average molecular weight is 338 g/mol. The summed E-state index contributed by atoms with van der Waals surface area (Å²) in [5.41, 5.74) is 2.45. The summed E-state index contributed by atoms with van der Waals surface area (Å²) in [6.45, 7) is 4.03. The van der Waals surface area contributed by atoms with Crippen molar-refractivity contribution in [2.75, 3.05) is 0 Å². The van der Waals surface area contributed by atoms with Crippen LogP contribution in [0, 0.1) is 11.3 Å². The lowest BCUT2D eigenvalue weighted by Crippen LogP contribution is -2.04. The van der Waals surface area contributed by atoms with Crippen molar-refractivity contribution < 1.29 is 0 Å². The third-order valence-corrected chi connectivity index (χ3v) is 4.74. The van der Waals surface area contributed by atoms with Crippen molar-refractivity contribution in [1.82, 2.24) is 10.2 Å². The first-order valence-electron chi connectivity index (χ1n) is 6.52. The zero-order valence-corrected chi connectivity index (χ0v) is 14.0. The van der Waals surface area contributed by atoms with Crippen molar-refractivity contribution in [2.45, 2.75) is 36.6 Å². The summed E-state index contributed by atoms with van der Waals surface area (Å²) in [7, 11) is 0. The van der Waals surface area contributed by atoms with E-state index in [1.54, 1.807) is 12.1 Å². The summed E-state index contributed by atoms with van der Waals surface area (Å²) in [4.78, 5) is 0.876. The molecule has 2 rings (SSSR count). The molecule has 0 N–H and O–H groups in total. The molecule has 0 saturated heterocycles. The van der Waals surface area contributed by atoms with Crippen LogP contribution in [0.1, 0.15) is 30.7 Å². The summed E-state index contributed by atoms with van der Waals surface area (Å²) in [5.74, 6) is 0. The van der Waals surface area contributed by atoms with E-state index in [-0.39, 0.29) is 0 Å². The fourth-order valence-corrected chi connectivity index (χ4v) is 3.24. The molecule has 21 heavy (non-hydrogen) atoms. The number of hydrogen-bond donors (Lipinski definition) is 0. The van der Waals surface area contributed by atoms with Gasteiger partial charge in [-0.25, -0.2) is 0 Å². The number of hydrogen-bond acceptors (Lipinski definition) is 4. The zero-order chi connectivity index (χ0) is 15.4. The fraction of sp³-hybridized carbons (Fsp3) is 0.267. The average Bonchev–Trinajstić information content (AvgIpc) is 2.50. The molecule has 0 aliphatic carbocycles. The molecular weight excluding hydrogens is 325 g/mol. The van der Waals surface area contributed by atoms with Crippen LogP contribution >= 0.6 is 35.0 Å². The molecule has 1 heterocycles. The first-order valence-corrected chi connectivity index (χ1v) is 8.09. The van der Waals surface area contributed by atoms with Gasteiger partial charge in [-0.2, -0.15) is 10.4 Å². The zero-order valence-electron chi connectivity index (χ0n) is 11.7. The molecule has 0 radical (unpaired) electrons. The molecule has 6 heteroatoms. The first kappa shape index (κ1) is 16.1. The van der Waals surface area contributed by atoms with Gasteiger partial charge in [0.15, 0.2) is 0 Å². The molecule has 0 saturated carbocycles. The van der Waals surface area contributed by atoms with Crippen LogP contribution in [0.25, 0.3) is 0 Å². The van der Waals surface area contributed by atoms with Crippen LogP contribution in [0.2, 0.25) is 10.0 Å². The van der Waals surface area contributed by atoms with E-state index in [1.807, 2.05) is 19.9 Å². The van der Waals surface area contributed by atoms with E-state index in [1.165, 1.54) is 11.8 Å². The van der Waals surface area contributed by atoms with Gasteiger partial charge in [0.05, 0.1) is 21.3 Å². The molecule has 1 aromatic heterocycles. The van der Waals surface area contributed by atoms with Gasteiger partial charge in [-0.3, -0.25) is 0 Å². The van der Waals surface area contributed by atoms with Gasteiger partial charge in [-0.1, -0.05) is 48.8 Å². The molecule has 0 bridgehead atoms. The minimum Gasteiger partial charge on any atom is -0.192 e. The summed E-state index contributed by atoms with van der Waals surface area (Å²) in [5, 5.41) is 19.5. The highest BCUT2D eigenvalue weighted by atomic mass is 35.5. The third kappa shape index (κ3) is 3.49. The molecule has 2 aromatic rings. The second-order valence-corrected chi connectivity index (χ2v) is 6.18. The van der Waals surface area contributed by atoms with Crippen molar-refractivity contribution >= 4 is 35.0 Å². The van der Waals surface area contributed by atoms with E-state index in [4.69, 9.17) is 23.2 Å². The van der Waals surface area contributed by atoms with Gasteiger partial charge in [-0.15, -0.1) is 5.10 Å². The molecule has 108 valence electrons. The van der Waals surface area contributed by atoms with Crippen molar-refractivity contribution in [1.29, 1.82) is 5.26 Å². The lowest BCUT2D eigenvalue weighted by molar-refractivity contribution is 0.818. The second-order valence-electron chi connectivity index (χ2n) is 4.30. The molecule has 3 nitrogen and oxygen atoms in total. The van der Waals surface area contributed by atoms with E-state index >= 15 is 0 Å². The highest BCUT2D eigenvalue weighted by molar-refractivity contribution is 7.99. The van der Waals surface area contributed by atoms with Crippen LogP contribution in [0.3, 0.4) is 0 Å². The Labute approximate surface area is 138 Å². The van der Waals surface area contributed by atoms with Crippen LogP contribution in [-0.2, 0) is 12.8 Å². The maximum atomic E-state index is 9.45. The van der Waals surface area contributed by atoms with Crippen LogP contribution in [0.4, 0.5) is 0 Å². The minimum atomic E-state index is 0.481. The van der Waals surface area contributed by atoms with E-state index in [0.29, 0.717) is 20.6 Å². The molecule has 0 fully saturated rings. The molecule has 0 aliphatic rings. The van der Waals surface area contributed by atoms with Crippen LogP contribution < -0.4 is 0 Å². The SMILES string of the molecule is CCc1nnc(Sc2ccc(Cl)c(Cl)c2)c(C#N)c1CC. The molecule has 0 amide bonds. The molecular formula is C15H13Cl2N3S. The lowest BCUT2D eigenvalue weighted by Gasteiger charge is -2.10. The Morgan fingerprint density at radius 3 is 2.48 bits per heavy atom. The van der Waals surface area contributed by atoms with Crippen LogP contribution in [0.15, 0.2) is 28.1 Å². The Kier molecular flexibility index (Phi) is 5.46. The van der Waals surface area contributed by atoms with E-state index < -0.39 is 0 Å². The summed E-state index contributed by atoms with van der Waals surface area (Å²) in [6, 6.07) is 7.59. The van der Waals surface area contributed by atoms with E-state index in [9.17, 15) is 5.26 Å². The van der Waals surface area contributed by atoms with Gasteiger partial charge in [-0.05, 0) is 36.6 Å². The summed E-state index contributed by atoms with van der Waals surface area (Å²) in [6.07, 6.45) is 1.53. The Morgan fingerprint density at radius 1 is 1.14 bits per heavy atom. The topological polar surface area (TPSA) is 49.6 Å². The number of halogens is 2. The Bertz CT molecular complexity index is 711. The molecule has 0 aliphatic heterocycles. The largest absolute Gasteiger partial charge is 0.192 e. The molecule has 0 unspecified atom stereocenters. The highest BCUT2D eigenvalue weighted by Crippen LogP contribution is 2.34. The number of benzene rings is 1. The Hall–Kier alpha value is -1.28. The van der Waals surface area contributed by atoms with Gasteiger partial charge in [0.2, 0.25) is 0 Å². The Balaban J connectivity index is 2.44. The van der Waals surface area contributed by atoms with Crippen molar-refractivity contribution in [3.8, 4) is 6.07 Å². The molecule has 1 aromatic carbocycles. The minimum absolute atomic E-state index is 0.481. The maximum absolute atomic E-state index is 9.45. The van der Waals surface area contributed by atoms with Crippen molar-refractivity contribution in [2.24, 2.45) is 0 Å².